The highest BCUT2D eigenvalue weighted by atomic mass is 16.5. The van der Waals surface area contributed by atoms with Gasteiger partial charge in [0.1, 0.15) is 5.78 Å². The number of carbonyl (C=O) groups is 1. The van der Waals surface area contributed by atoms with Gasteiger partial charge in [0.2, 0.25) is 0 Å². The van der Waals surface area contributed by atoms with E-state index in [0.717, 1.165) is 38.7 Å². The second-order valence-electron chi connectivity index (χ2n) is 5.29. The zero-order chi connectivity index (χ0) is 11.4. The Hall–Kier alpha value is -0.410. The first kappa shape index (κ1) is 12.1. The molecule has 0 radical (unpaired) electrons. The maximum atomic E-state index is 12.2. The van der Waals surface area contributed by atoms with Crippen molar-refractivity contribution in [3.63, 3.8) is 0 Å². The minimum absolute atomic E-state index is 0.168. The molecular formula is C13H23NO2. The Morgan fingerprint density at radius 3 is 2.62 bits per heavy atom. The highest BCUT2D eigenvalue weighted by Crippen LogP contribution is 2.39. The summed E-state index contributed by atoms with van der Waals surface area (Å²) in [4.78, 5) is 12.2. The summed E-state index contributed by atoms with van der Waals surface area (Å²) in [6, 6.07) is 0. The molecule has 1 saturated heterocycles. The van der Waals surface area contributed by atoms with E-state index in [0.29, 0.717) is 24.9 Å². The first-order chi connectivity index (χ1) is 7.77. The van der Waals surface area contributed by atoms with Gasteiger partial charge in [-0.25, -0.2) is 0 Å². The number of carbonyl (C=O) groups excluding carboxylic acids is 1. The van der Waals surface area contributed by atoms with Gasteiger partial charge in [0.15, 0.2) is 0 Å². The van der Waals surface area contributed by atoms with E-state index in [1.54, 1.807) is 0 Å². The lowest BCUT2D eigenvalue weighted by molar-refractivity contribution is -0.128. The Morgan fingerprint density at radius 2 is 2.06 bits per heavy atom. The number of ether oxygens (including phenoxy) is 1. The van der Waals surface area contributed by atoms with Crippen LogP contribution in [0.25, 0.3) is 0 Å². The van der Waals surface area contributed by atoms with Crippen LogP contribution in [-0.4, -0.2) is 25.0 Å². The molecular weight excluding hydrogens is 202 g/mol. The van der Waals surface area contributed by atoms with E-state index in [4.69, 9.17) is 10.5 Å². The highest BCUT2D eigenvalue weighted by Gasteiger charge is 2.39. The molecule has 0 amide bonds. The lowest BCUT2D eigenvalue weighted by atomic mass is 9.79. The van der Waals surface area contributed by atoms with E-state index in [-0.39, 0.29) is 5.41 Å². The second kappa shape index (κ2) is 5.28. The van der Waals surface area contributed by atoms with Gasteiger partial charge >= 0.3 is 0 Å². The van der Waals surface area contributed by atoms with Crippen LogP contribution in [0, 0.1) is 5.41 Å². The van der Waals surface area contributed by atoms with Crippen molar-refractivity contribution < 1.29 is 9.53 Å². The van der Waals surface area contributed by atoms with Crippen LogP contribution in [0.2, 0.25) is 0 Å². The van der Waals surface area contributed by atoms with E-state index >= 15 is 0 Å². The van der Waals surface area contributed by atoms with E-state index in [1.165, 1.54) is 12.8 Å². The fourth-order valence-corrected chi connectivity index (χ4v) is 3.08. The molecule has 1 unspecified atom stereocenters. The third kappa shape index (κ3) is 2.46. The minimum Gasteiger partial charge on any atom is -0.378 e. The molecule has 2 N–H and O–H groups in total. The normalized spacial score (nSPS) is 28.4. The fourth-order valence-electron chi connectivity index (χ4n) is 3.08. The molecule has 0 aromatic heterocycles. The van der Waals surface area contributed by atoms with Crippen molar-refractivity contribution in [3.8, 4) is 0 Å². The Labute approximate surface area is 97.7 Å². The second-order valence-corrected chi connectivity index (χ2v) is 5.29. The number of nitrogens with two attached hydrogens (primary N) is 1. The molecule has 92 valence electrons. The Morgan fingerprint density at radius 1 is 1.31 bits per heavy atom. The summed E-state index contributed by atoms with van der Waals surface area (Å²) >= 11 is 0. The molecule has 0 aromatic carbocycles. The summed E-state index contributed by atoms with van der Waals surface area (Å²) < 4.78 is 5.55. The zero-order valence-corrected chi connectivity index (χ0v) is 10.0. The summed E-state index contributed by atoms with van der Waals surface area (Å²) in [6.45, 7) is 1.41. The van der Waals surface area contributed by atoms with Gasteiger partial charge in [0.25, 0.3) is 0 Å². The molecule has 1 atom stereocenters. The summed E-state index contributed by atoms with van der Waals surface area (Å²) in [5, 5.41) is 0. The highest BCUT2D eigenvalue weighted by molar-refractivity contribution is 5.85. The van der Waals surface area contributed by atoms with Gasteiger partial charge in [0, 0.05) is 25.0 Å². The molecule has 2 fully saturated rings. The fraction of sp³-hybridized carbons (Fsp3) is 0.923. The summed E-state index contributed by atoms with van der Waals surface area (Å²) in [5.41, 5.74) is 5.63. The molecule has 16 heavy (non-hydrogen) atoms. The monoisotopic (exact) mass is 225 g/mol. The van der Waals surface area contributed by atoms with Gasteiger partial charge < -0.3 is 10.5 Å². The molecule has 1 aliphatic heterocycles. The van der Waals surface area contributed by atoms with E-state index in [1.807, 2.05) is 0 Å². The number of hydrogen-bond acceptors (Lipinski definition) is 3. The van der Waals surface area contributed by atoms with Gasteiger partial charge in [-0.3, -0.25) is 4.79 Å². The van der Waals surface area contributed by atoms with Crippen molar-refractivity contribution in [1.82, 2.24) is 0 Å². The minimum atomic E-state index is -0.168. The lowest BCUT2D eigenvalue weighted by Crippen LogP contribution is -2.36. The van der Waals surface area contributed by atoms with Crippen molar-refractivity contribution in [1.29, 1.82) is 0 Å². The SMILES string of the molecule is NCC1(C(=O)CCC2CCCO2)CCCC1. The summed E-state index contributed by atoms with van der Waals surface area (Å²) in [6.07, 6.45) is 8.54. The van der Waals surface area contributed by atoms with E-state index < -0.39 is 0 Å². The number of rotatable bonds is 5. The Kier molecular flexibility index (Phi) is 3.98. The average molecular weight is 225 g/mol. The van der Waals surface area contributed by atoms with Crippen molar-refractivity contribution in [2.75, 3.05) is 13.2 Å². The van der Waals surface area contributed by atoms with Gasteiger partial charge in [-0.15, -0.1) is 0 Å². The molecule has 2 rings (SSSR count). The standard InChI is InChI=1S/C13H23NO2/c14-10-13(7-1-2-8-13)12(15)6-5-11-4-3-9-16-11/h11H,1-10,14H2. The predicted octanol–water partition coefficient (Wildman–Crippen LogP) is 2.03. The molecule has 1 heterocycles. The number of Topliss-reactive ketones (excluding diaryl/α,β-unsaturated/α-hetero) is 1. The quantitative estimate of drug-likeness (QED) is 0.779. The predicted molar refractivity (Wildman–Crippen MR) is 63.2 cm³/mol. The molecule has 1 saturated carbocycles. The largest absolute Gasteiger partial charge is 0.378 e. The van der Waals surface area contributed by atoms with Crippen LogP contribution in [0.5, 0.6) is 0 Å². The molecule has 3 nitrogen and oxygen atoms in total. The van der Waals surface area contributed by atoms with Gasteiger partial charge in [-0.05, 0) is 32.1 Å². The summed E-state index contributed by atoms with van der Waals surface area (Å²) in [7, 11) is 0. The first-order valence-corrected chi connectivity index (χ1v) is 6.62. The maximum Gasteiger partial charge on any atom is 0.140 e. The molecule has 3 heteroatoms. The Balaban J connectivity index is 1.81. The molecule has 0 bridgehead atoms. The van der Waals surface area contributed by atoms with E-state index in [2.05, 4.69) is 0 Å². The lowest BCUT2D eigenvalue weighted by Gasteiger charge is -2.25. The third-order valence-corrected chi connectivity index (χ3v) is 4.26. The summed E-state index contributed by atoms with van der Waals surface area (Å²) in [5.74, 6) is 0.392. The van der Waals surface area contributed by atoms with Gasteiger partial charge in [-0.2, -0.15) is 0 Å². The number of ketones is 1. The average Bonchev–Trinajstić information content (AvgIpc) is 2.97. The molecule has 0 aromatic rings. The van der Waals surface area contributed by atoms with Crippen LogP contribution in [0.3, 0.4) is 0 Å². The number of hydrogen-bond donors (Lipinski definition) is 1. The van der Waals surface area contributed by atoms with Crippen molar-refractivity contribution >= 4 is 5.78 Å². The van der Waals surface area contributed by atoms with Crippen LogP contribution in [-0.2, 0) is 9.53 Å². The van der Waals surface area contributed by atoms with Crippen LogP contribution in [0.1, 0.15) is 51.4 Å². The Bertz CT molecular complexity index is 240. The molecule has 1 aliphatic carbocycles. The third-order valence-electron chi connectivity index (χ3n) is 4.26. The van der Waals surface area contributed by atoms with Crippen LogP contribution >= 0.6 is 0 Å². The van der Waals surface area contributed by atoms with Crippen LogP contribution in [0.4, 0.5) is 0 Å². The van der Waals surface area contributed by atoms with Crippen molar-refractivity contribution in [2.24, 2.45) is 11.1 Å². The van der Waals surface area contributed by atoms with Gasteiger partial charge in [0.05, 0.1) is 6.10 Å². The van der Waals surface area contributed by atoms with Crippen molar-refractivity contribution in [2.45, 2.75) is 57.5 Å². The molecule has 2 aliphatic rings. The van der Waals surface area contributed by atoms with Crippen LogP contribution < -0.4 is 5.73 Å². The topological polar surface area (TPSA) is 52.3 Å². The van der Waals surface area contributed by atoms with Crippen molar-refractivity contribution in [3.05, 3.63) is 0 Å². The zero-order valence-electron chi connectivity index (χ0n) is 10.0. The van der Waals surface area contributed by atoms with Crippen LogP contribution in [0.15, 0.2) is 0 Å². The molecule has 0 spiro atoms. The van der Waals surface area contributed by atoms with E-state index in [9.17, 15) is 4.79 Å². The first-order valence-electron chi connectivity index (χ1n) is 6.62. The van der Waals surface area contributed by atoms with Gasteiger partial charge in [-0.1, -0.05) is 12.8 Å². The maximum absolute atomic E-state index is 12.2. The smallest absolute Gasteiger partial charge is 0.140 e.